The topological polar surface area (TPSA) is 0 Å². The van der Waals surface area contributed by atoms with Crippen LogP contribution in [-0.2, 0) is 0 Å². The molecule has 15 heavy (non-hydrogen) atoms. The average Bonchev–Trinajstić information content (AvgIpc) is 2.10. The number of alkyl halides is 2. The van der Waals surface area contributed by atoms with Crippen LogP contribution in [0.5, 0.6) is 0 Å². The molecule has 2 heteroatoms. The summed E-state index contributed by atoms with van der Waals surface area (Å²) in [6.45, 7) is 8.64. The molecule has 0 aliphatic heterocycles. The van der Waals surface area contributed by atoms with Gasteiger partial charge < -0.3 is 0 Å². The maximum absolute atomic E-state index is 6.49. The Morgan fingerprint density at radius 3 is 1.40 bits per heavy atom. The molecule has 0 aliphatic carbocycles. The molecule has 0 aromatic heterocycles. The third kappa shape index (κ3) is 8.39. The Bertz CT molecular complexity index is 144. The summed E-state index contributed by atoms with van der Waals surface area (Å²) in [5.41, 5.74) is 0. The van der Waals surface area contributed by atoms with Gasteiger partial charge in [0.25, 0.3) is 0 Å². The van der Waals surface area contributed by atoms with Gasteiger partial charge in [0, 0.05) is 9.75 Å². The number of hydrogen-bond donors (Lipinski definition) is 0. The Kier molecular flexibility index (Phi) is 7.28. The summed E-state index contributed by atoms with van der Waals surface area (Å²) in [5.74, 6) is 0. The minimum Gasteiger partial charge on any atom is -0.120 e. The first kappa shape index (κ1) is 15.6. The van der Waals surface area contributed by atoms with E-state index in [0.29, 0.717) is 0 Å². The lowest BCUT2D eigenvalue weighted by Gasteiger charge is -2.31. The van der Waals surface area contributed by atoms with Gasteiger partial charge in [0.15, 0.2) is 0 Å². The summed E-state index contributed by atoms with van der Waals surface area (Å²) in [5, 5.41) is 0. The van der Waals surface area contributed by atoms with Crippen LogP contribution < -0.4 is 0 Å². The van der Waals surface area contributed by atoms with Gasteiger partial charge in [-0.2, -0.15) is 0 Å². The molecule has 0 saturated heterocycles. The first-order valence-corrected chi connectivity index (χ1v) is 6.96. The van der Waals surface area contributed by atoms with E-state index in [1.54, 1.807) is 0 Å². The van der Waals surface area contributed by atoms with Gasteiger partial charge in [-0.3, -0.25) is 0 Å². The molecule has 0 aromatic rings. The Labute approximate surface area is 106 Å². The standard InChI is InChI=1S/C13H26Cl2/c1-5-7-9-12(3,14)11-13(4,15)10-8-6-2/h5-11H2,1-4H3. The molecule has 0 spiro atoms. The van der Waals surface area contributed by atoms with E-state index in [1.807, 2.05) is 0 Å². The largest absolute Gasteiger partial charge is 0.120 e. The zero-order chi connectivity index (χ0) is 11.9. The fourth-order valence-electron chi connectivity index (χ4n) is 2.04. The van der Waals surface area contributed by atoms with E-state index in [1.165, 1.54) is 25.7 Å². The van der Waals surface area contributed by atoms with Gasteiger partial charge in [-0.05, 0) is 33.1 Å². The predicted molar refractivity (Wildman–Crippen MR) is 72.2 cm³/mol. The molecule has 0 bridgehead atoms. The third-order valence-electron chi connectivity index (χ3n) is 2.84. The second-order valence-electron chi connectivity index (χ2n) is 5.21. The molecule has 0 amide bonds. The molecular weight excluding hydrogens is 227 g/mol. The van der Waals surface area contributed by atoms with Gasteiger partial charge in [-0.15, -0.1) is 23.2 Å². The summed E-state index contributed by atoms with van der Waals surface area (Å²) in [6.07, 6.45) is 7.84. The zero-order valence-corrected chi connectivity index (χ0v) is 12.2. The van der Waals surface area contributed by atoms with Gasteiger partial charge in [-0.1, -0.05) is 39.5 Å². The second kappa shape index (κ2) is 7.01. The molecule has 0 nitrogen and oxygen atoms in total. The zero-order valence-electron chi connectivity index (χ0n) is 10.7. The Hall–Kier alpha value is 0.580. The van der Waals surface area contributed by atoms with Crippen LogP contribution in [0.1, 0.15) is 72.6 Å². The van der Waals surface area contributed by atoms with Gasteiger partial charge in [0.2, 0.25) is 0 Å². The molecule has 2 atom stereocenters. The Morgan fingerprint density at radius 2 is 1.13 bits per heavy atom. The summed E-state index contributed by atoms with van der Waals surface area (Å²) < 4.78 is 0. The minimum absolute atomic E-state index is 0.125. The molecule has 0 aliphatic rings. The number of hydrogen-bond acceptors (Lipinski definition) is 0. The molecule has 0 rings (SSSR count). The van der Waals surface area contributed by atoms with Crippen LogP contribution in [0.3, 0.4) is 0 Å². The highest BCUT2D eigenvalue weighted by atomic mass is 35.5. The first-order chi connectivity index (χ1) is 6.83. The quantitative estimate of drug-likeness (QED) is 0.483. The van der Waals surface area contributed by atoms with Crippen LogP contribution in [0.15, 0.2) is 0 Å². The highest BCUT2D eigenvalue weighted by molar-refractivity contribution is 6.27. The van der Waals surface area contributed by atoms with E-state index in [9.17, 15) is 0 Å². The van der Waals surface area contributed by atoms with Crippen molar-refractivity contribution in [3.63, 3.8) is 0 Å². The van der Waals surface area contributed by atoms with Crippen LogP contribution in [-0.4, -0.2) is 9.75 Å². The van der Waals surface area contributed by atoms with Gasteiger partial charge in [0.1, 0.15) is 0 Å². The molecule has 0 saturated carbocycles. The van der Waals surface area contributed by atoms with E-state index in [2.05, 4.69) is 27.7 Å². The van der Waals surface area contributed by atoms with Crippen molar-refractivity contribution in [3.05, 3.63) is 0 Å². The Morgan fingerprint density at radius 1 is 0.800 bits per heavy atom. The van der Waals surface area contributed by atoms with Gasteiger partial charge >= 0.3 is 0 Å². The van der Waals surface area contributed by atoms with Crippen molar-refractivity contribution in [3.8, 4) is 0 Å². The summed E-state index contributed by atoms with van der Waals surface area (Å²) in [6, 6.07) is 0. The highest BCUT2D eigenvalue weighted by Gasteiger charge is 2.31. The van der Waals surface area contributed by atoms with Crippen molar-refractivity contribution in [2.24, 2.45) is 0 Å². The van der Waals surface area contributed by atoms with Crippen LogP contribution in [0.4, 0.5) is 0 Å². The van der Waals surface area contributed by atoms with Crippen LogP contribution in [0.25, 0.3) is 0 Å². The molecule has 0 N–H and O–H groups in total. The number of halogens is 2. The van der Waals surface area contributed by atoms with Gasteiger partial charge in [0.05, 0.1) is 0 Å². The van der Waals surface area contributed by atoms with Crippen LogP contribution >= 0.6 is 23.2 Å². The second-order valence-corrected chi connectivity index (χ2v) is 7.04. The van der Waals surface area contributed by atoms with Crippen molar-refractivity contribution in [2.45, 2.75) is 82.4 Å². The first-order valence-electron chi connectivity index (χ1n) is 6.21. The maximum Gasteiger partial charge on any atom is 0.0435 e. The molecule has 92 valence electrons. The summed E-state index contributed by atoms with van der Waals surface area (Å²) >= 11 is 13.0. The number of unbranched alkanes of at least 4 members (excludes halogenated alkanes) is 2. The van der Waals surface area contributed by atoms with E-state index >= 15 is 0 Å². The minimum atomic E-state index is -0.125. The van der Waals surface area contributed by atoms with Crippen molar-refractivity contribution >= 4 is 23.2 Å². The maximum atomic E-state index is 6.49. The Balaban J connectivity index is 4.04. The lowest BCUT2D eigenvalue weighted by atomic mass is 9.88. The third-order valence-corrected chi connectivity index (χ3v) is 3.49. The normalized spacial score (nSPS) is 19.6. The molecule has 0 heterocycles. The van der Waals surface area contributed by atoms with E-state index in [4.69, 9.17) is 23.2 Å². The molecular formula is C13H26Cl2. The molecule has 0 aromatic carbocycles. The smallest absolute Gasteiger partial charge is 0.0435 e. The molecule has 2 unspecified atom stereocenters. The van der Waals surface area contributed by atoms with Crippen molar-refractivity contribution < 1.29 is 0 Å². The van der Waals surface area contributed by atoms with Crippen molar-refractivity contribution in [1.29, 1.82) is 0 Å². The van der Waals surface area contributed by atoms with E-state index in [0.717, 1.165) is 19.3 Å². The SMILES string of the molecule is CCCCC(C)(Cl)CC(C)(Cl)CCCC. The predicted octanol–water partition coefficient (Wildman–Crippen LogP) is 5.75. The average molecular weight is 253 g/mol. The summed E-state index contributed by atoms with van der Waals surface area (Å²) in [7, 11) is 0. The van der Waals surface area contributed by atoms with Crippen molar-refractivity contribution in [1.82, 2.24) is 0 Å². The van der Waals surface area contributed by atoms with Crippen LogP contribution in [0, 0.1) is 0 Å². The van der Waals surface area contributed by atoms with Crippen molar-refractivity contribution in [2.75, 3.05) is 0 Å². The van der Waals surface area contributed by atoms with Gasteiger partial charge in [-0.25, -0.2) is 0 Å². The van der Waals surface area contributed by atoms with Crippen LogP contribution in [0.2, 0.25) is 0 Å². The molecule has 0 radical (unpaired) electrons. The number of rotatable bonds is 8. The molecule has 0 fully saturated rings. The fourth-order valence-corrected chi connectivity index (χ4v) is 2.96. The van der Waals surface area contributed by atoms with E-state index in [-0.39, 0.29) is 9.75 Å². The monoisotopic (exact) mass is 252 g/mol. The lowest BCUT2D eigenvalue weighted by molar-refractivity contribution is 0.410. The fraction of sp³-hybridized carbons (Fsp3) is 1.00. The lowest BCUT2D eigenvalue weighted by Crippen LogP contribution is -2.29. The highest BCUT2D eigenvalue weighted by Crippen LogP contribution is 2.37. The van der Waals surface area contributed by atoms with E-state index < -0.39 is 0 Å². The summed E-state index contributed by atoms with van der Waals surface area (Å²) in [4.78, 5) is -0.250.